The van der Waals surface area contributed by atoms with Crippen molar-refractivity contribution < 1.29 is 9.53 Å². The van der Waals surface area contributed by atoms with Crippen LogP contribution in [0.2, 0.25) is 0 Å². The lowest BCUT2D eigenvalue weighted by Gasteiger charge is -2.24. The first kappa shape index (κ1) is 12.7. The molecule has 1 aliphatic heterocycles. The lowest BCUT2D eigenvalue weighted by molar-refractivity contribution is -0.121. The first-order chi connectivity index (χ1) is 9.74. The zero-order valence-electron chi connectivity index (χ0n) is 11.4. The van der Waals surface area contributed by atoms with Crippen molar-refractivity contribution in [2.45, 2.75) is 13.3 Å². The highest BCUT2D eigenvalue weighted by atomic mass is 16.5. The van der Waals surface area contributed by atoms with E-state index >= 15 is 0 Å². The monoisotopic (exact) mass is 267 g/mol. The van der Waals surface area contributed by atoms with Gasteiger partial charge in [-0.15, -0.1) is 0 Å². The van der Waals surface area contributed by atoms with Crippen molar-refractivity contribution in [3.8, 4) is 5.75 Å². The standard InChI is InChI=1S/C17H17NO2/c1-12-6-2-4-8-15(12)18-17(19)14-10-13-7-3-5-9-16(13)20-11-14/h2-9,14H,10-11H2,1H3,(H,18,19)/t14-/m1/s1. The van der Waals surface area contributed by atoms with Crippen molar-refractivity contribution in [1.82, 2.24) is 0 Å². The summed E-state index contributed by atoms with van der Waals surface area (Å²) in [5, 5.41) is 2.99. The topological polar surface area (TPSA) is 38.3 Å². The molecule has 1 heterocycles. The number of hydrogen-bond donors (Lipinski definition) is 1. The molecule has 0 aliphatic carbocycles. The minimum atomic E-state index is -0.135. The Bertz CT molecular complexity index is 636. The molecule has 0 saturated carbocycles. The number of carbonyl (C=O) groups excluding carboxylic acids is 1. The van der Waals surface area contributed by atoms with Crippen molar-refractivity contribution in [3.05, 3.63) is 59.7 Å². The Hall–Kier alpha value is -2.29. The van der Waals surface area contributed by atoms with Gasteiger partial charge in [0.15, 0.2) is 0 Å². The average Bonchev–Trinajstić information content (AvgIpc) is 2.49. The van der Waals surface area contributed by atoms with Crippen LogP contribution < -0.4 is 10.1 Å². The summed E-state index contributed by atoms with van der Waals surface area (Å²) in [6.07, 6.45) is 0.730. The van der Waals surface area contributed by atoms with Gasteiger partial charge in [-0.25, -0.2) is 0 Å². The maximum absolute atomic E-state index is 12.3. The highest BCUT2D eigenvalue weighted by Crippen LogP contribution is 2.27. The fourth-order valence-electron chi connectivity index (χ4n) is 2.44. The van der Waals surface area contributed by atoms with Crippen molar-refractivity contribution >= 4 is 11.6 Å². The molecule has 0 unspecified atom stereocenters. The summed E-state index contributed by atoms with van der Waals surface area (Å²) in [6, 6.07) is 15.7. The average molecular weight is 267 g/mol. The number of rotatable bonds is 2. The maximum atomic E-state index is 12.3. The molecule has 0 saturated heterocycles. The zero-order chi connectivity index (χ0) is 13.9. The molecule has 0 spiro atoms. The molecule has 0 aromatic heterocycles. The SMILES string of the molecule is Cc1ccccc1NC(=O)[C@H]1COc2ccccc2C1. The Labute approximate surface area is 118 Å². The number of carbonyl (C=O) groups is 1. The third-order valence-electron chi connectivity index (χ3n) is 3.65. The molecule has 0 fully saturated rings. The normalized spacial score (nSPS) is 16.9. The van der Waals surface area contributed by atoms with Gasteiger partial charge in [0.2, 0.25) is 5.91 Å². The Kier molecular flexibility index (Phi) is 3.42. The Morgan fingerprint density at radius 2 is 1.90 bits per heavy atom. The van der Waals surface area contributed by atoms with Crippen molar-refractivity contribution in [3.63, 3.8) is 0 Å². The third-order valence-corrected chi connectivity index (χ3v) is 3.65. The molecular formula is C17H17NO2. The van der Waals surface area contributed by atoms with E-state index in [0.29, 0.717) is 6.61 Å². The molecule has 1 aliphatic rings. The molecule has 2 aromatic rings. The second-order valence-electron chi connectivity index (χ2n) is 5.12. The number of benzene rings is 2. The van der Waals surface area contributed by atoms with Gasteiger partial charge in [-0.2, -0.15) is 0 Å². The Morgan fingerprint density at radius 1 is 1.15 bits per heavy atom. The Morgan fingerprint density at radius 3 is 2.75 bits per heavy atom. The minimum Gasteiger partial charge on any atom is -0.492 e. The Balaban J connectivity index is 1.72. The van der Waals surface area contributed by atoms with E-state index in [4.69, 9.17) is 4.74 Å². The maximum Gasteiger partial charge on any atom is 0.231 e. The van der Waals surface area contributed by atoms with Gasteiger partial charge in [-0.3, -0.25) is 4.79 Å². The first-order valence-electron chi connectivity index (χ1n) is 6.81. The van der Waals surface area contributed by atoms with E-state index in [-0.39, 0.29) is 11.8 Å². The van der Waals surface area contributed by atoms with Crippen molar-refractivity contribution in [2.75, 3.05) is 11.9 Å². The van der Waals surface area contributed by atoms with Crippen LogP contribution in [-0.2, 0) is 11.2 Å². The van der Waals surface area contributed by atoms with E-state index in [9.17, 15) is 4.79 Å². The molecule has 1 atom stereocenters. The van der Waals surface area contributed by atoms with Gasteiger partial charge in [0.1, 0.15) is 12.4 Å². The number of nitrogens with one attached hydrogen (secondary N) is 1. The summed E-state index contributed by atoms with van der Waals surface area (Å²) in [7, 11) is 0. The lowest BCUT2D eigenvalue weighted by Crippen LogP contribution is -2.32. The van der Waals surface area contributed by atoms with E-state index in [1.165, 1.54) is 0 Å². The first-order valence-corrected chi connectivity index (χ1v) is 6.81. The molecule has 3 heteroatoms. The smallest absolute Gasteiger partial charge is 0.231 e. The van der Waals surface area contributed by atoms with Crippen molar-refractivity contribution in [2.24, 2.45) is 5.92 Å². The predicted molar refractivity (Wildman–Crippen MR) is 78.9 cm³/mol. The minimum absolute atomic E-state index is 0.0220. The molecule has 3 rings (SSSR count). The number of para-hydroxylation sites is 2. The summed E-state index contributed by atoms with van der Waals surface area (Å²) in [5.74, 6) is 0.783. The van der Waals surface area contributed by atoms with Gasteiger partial charge in [0.25, 0.3) is 0 Å². The van der Waals surface area contributed by atoms with Gasteiger partial charge >= 0.3 is 0 Å². The van der Waals surface area contributed by atoms with E-state index in [1.807, 2.05) is 55.5 Å². The van der Waals surface area contributed by atoms with Gasteiger partial charge < -0.3 is 10.1 Å². The lowest BCUT2D eigenvalue weighted by atomic mass is 9.96. The predicted octanol–water partition coefficient (Wildman–Crippen LogP) is 3.18. The number of fused-ring (bicyclic) bond motifs is 1. The summed E-state index contributed by atoms with van der Waals surface area (Å²) >= 11 is 0. The largest absolute Gasteiger partial charge is 0.492 e. The van der Waals surface area contributed by atoms with E-state index < -0.39 is 0 Å². The second kappa shape index (κ2) is 5.37. The summed E-state index contributed by atoms with van der Waals surface area (Å²) < 4.78 is 5.66. The fraction of sp³-hybridized carbons (Fsp3) is 0.235. The van der Waals surface area contributed by atoms with Gasteiger partial charge in [0, 0.05) is 5.69 Å². The molecule has 3 nitrogen and oxygen atoms in total. The van der Waals surface area contributed by atoms with Gasteiger partial charge in [-0.1, -0.05) is 36.4 Å². The van der Waals surface area contributed by atoms with Crippen LogP contribution in [0, 0.1) is 12.8 Å². The highest BCUT2D eigenvalue weighted by Gasteiger charge is 2.25. The molecule has 102 valence electrons. The van der Waals surface area contributed by atoms with Crippen LogP contribution in [0.15, 0.2) is 48.5 Å². The summed E-state index contributed by atoms with van der Waals surface area (Å²) in [6.45, 7) is 2.43. The van der Waals surface area contributed by atoms with Crippen LogP contribution in [0.3, 0.4) is 0 Å². The van der Waals surface area contributed by atoms with Gasteiger partial charge in [-0.05, 0) is 36.6 Å². The van der Waals surface area contributed by atoms with Crippen LogP contribution in [0.25, 0.3) is 0 Å². The number of ether oxygens (including phenoxy) is 1. The van der Waals surface area contributed by atoms with Crippen LogP contribution in [-0.4, -0.2) is 12.5 Å². The van der Waals surface area contributed by atoms with Crippen molar-refractivity contribution in [1.29, 1.82) is 0 Å². The van der Waals surface area contributed by atoms with E-state index in [0.717, 1.165) is 29.0 Å². The second-order valence-corrected chi connectivity index (χ2v) is 5.12. The number of aryl methyl sites for hydroxylation is 1. The zero-order valence-corrected chi connectivity index (χ0v) is 11.4. The number of anilines is 1. The molecule has 1 amide bonds. The third kappa shape index (κ3) is 2.52. The fourth-order valence-corrected chi connectivity index (χ4v) is 2.44. The van der Waals surface area contributed by atoms with Crippen LogP contribution in [0.1, 0.15) is 11.1 Å². The molecular weight excluding hydrogens is 250 g/mol. The van der Waals surface area contributed by atoms with Crippen LogP contribution in [0.5, 0.6) is 5.75 Å². The van der Waals surface area contributed by atoms with E-state index in [1.54, 1.807) is 0 Å². The molecule has 20 heavy (non-hydrogen) atoms. The van der Waals surface area contributed by atoms with Gasteiger partial charge in [0.05, 0.1) is 5.92 Å². The van der Waals surface area contributed by atoms with Crippen LogP contribution >= 0.6 is 0 Å². The van der Waals surface area contributed by atoms with Crippen LogP contribution in [0.4, 0.5) is 5.69 Å². The molecule has 0 radical (unpaired) electrons. The number of hydrogen-bond acceptors (Lipinski definition) is 2. The molecule has 0 bridgehead atoms. The molecule has 2 aromatic carbocycles. The summed E-state index contributed by atoms with van der Waals surface area (Å²) in [5.41, 5.74) is 3.04. The number of amides is 1. The van der Waals surface area contributed by atoms with E-state index in [2.05, 4.69) is 5.32 Å². The highest BCUT2D eigenvalue weighted by molar-refractivity contribution is 5.93. The quantitative estimate of drug-likeness (QED) is 0.907. The molecule has 1 N–H and O–H groups in total. The summed E-state index contributed by atoms with van der Waals surface area (Å²) in [4.78, 5) is 12.3.